The van der Waals surface area contributed by atoms with Crippen LogP contribution in [0.15, 0.2) is 152 Å². The van der Waals surface area contributed by atoms with Crippen LogP contribution in [0.25, 0.3) is 81.6 Å². The lowest BCUT2D eigenvalue weighted by Gasteiger charge is -2.11. The summed E-state index contributed by atoms with van der Waals surface area (Å²) in [5, 5.41) is 5.04. The van der Waals surface area contributed by atoms with E-state index in [1.165, 1.54) is 42.0 Å². The van der Waals surface area contributed by atoms with Crippen LogP contribution in [0.5, 0.6) is 0 Å². The quantitative estimate of drug-likeness (QED) is 0.208. The molecule has 0 unspecified atom stereocenters. The standard InChI is InChI=1S/C40H25N3S/c1-4-13-27(14-5-1)34-25-35(28-15-6-2-7-16-28)42-40(41-34)29-21-23-36-33(24-29)39-37(43(36)30-17-8-3-9-18-30)32-22-20-26-12-10-11-19-31(26)38(32)44-39/h1-25H. The number of hydrogen-bond donors (Lipinski definition) is 0. The van der Waals surface area contributed by atoms with Gasteiger partial charge in [-0.15, -0.1) is 11.3 Å². The second-order valence-corrected chi connectivity index (χ2v) is 12.1. The Hall–Kier alpha value is -5.58. The average Bonchev–Trinajstić information content (AvgIpc) is 3.64. The number of rotatable bonds is 4. The van der Waals surface area contributed by atoms with Crippen molar-refractivity contribution in [2.24, 2.45) is 0 Å². The first-order valence-corrected chi connectivity index (χ1v) is 15.6. The highest BCUT2D eigenvalue weighted by atomic mass is 32.1. The van der Waals surface area contributed by atoms with Crippen LogP contribution in [-0.2, 0) is 0 Å². The summed E-state index contributed by atoms with van der Waals surface area (Å²) >= 11 is 1.88. The zero-order valence-electron chi connectivity index (χ0n) is 23.7. The van der Waals surface area contributed by atoms with Crippen LogP contribution in [0.3, 0.4) is 0 Å². The fraction of sp³-hybridized carbons (Fsp3) is 0. The number of para-hydroxylation sites is 1. The zero-order valence-corrected chi connectivity index (χ0v) is 24.5. The first-order valence-electron chi connectivity index (χ1n) is 14.8. The minimum Gasteiger partial charge on any atom is -0.308 e. The maximum Gasteiger partial charge on any atom is 0.160 e. The van der Waals surface area contributed by atoms with Crippen molar-refractivity contribution >= 4 is 53.3 Å². The number of nitrogens with zero attached hydrogens (tertiary/aromatic N) is 3. The largest absolute Gasteiger partial charge is 0.308 e. The van der Waals surface area contributed by atoms with Gasteiger partial charge >= 0.3 is 0 Å². The summed E-state index contributed by atoms with van der Waals surface area (Å²) in [7, 11) is 0. The molecule has 0 bridgehead atoms. The molecule has 44 heavy (non-hydrogen) atoms. The van der Waals surface area contributed by atoms with E-state index in [1.807, 2.05) is 23.5 Å². The Bertz CT molecular complexity index is 2420. The Morgan fingerprint density at radius 3 is 1.80 bits per heavy atom. The molecule has 3 nitrogen and oxygen atoms in total. The molecular weight excluding hydrogens is 555 g/mol. The fourth-order valence-electron chi connectivity index (χ4n) is 6.32. The average molecular weight is 580 g/mol. The highest BCUT2D eigenvalue weighted by Crippen LogP contribution is 2.45. The second-order valence-electron chi connectivity index (χ2n) is 11.0. The molecule has 0 radical (unpaired) electrons. The van der Waals surface area contributed by atoms with Gasteiger partial charge in [0.2, 0.25) is 0 Å². The molecule has 3 heterocycles. The van der Waals surface area contributed by atoms with Gasteiger partial charge in [0.25, 0.3) is 0 Å². The lowest BCUT2D eigenvalue weighted by Crippen LogP contribution is -1.96. The summed E-state index contributed by atoms with van der Waals surface area (Å²) in [6.45, 7) is 0. The van der Waals surface area contributed by atoms with E-state index in [-0.39, 0.29) is 0 Å². The molecule has 0 saturated carbocycles. The number of fused-ring (bicyclic) bond motifs is 7. The van der Waals surface area contributed by atoms with Crippen molar-refractivity contribution in [3.63, 3.8) is 0 Å². The second kappa shape index (κ2) is 10.0. The van der Waals surface area contributed by atoms with Crippen molar-refractivity contribution in [2.75, 3.05) is 0 Å². The number of hydrogen-bond acceptors (Lipinski definition) is 3. The molecule has 3 aromatic heterocycles. The van der Waals surface area contributed by atoms with Crippen LogP contribution < -0.4 is 0 Å². The predicted molar refractivity (Wildman–Crippen MR) is 186 cm³/mol. The van der Waals surface area contributed by atoms with Crippen molar-refractivity contribution < 1.29 is 0 Å². The molecule has 0 fully saturated rings. The van der Waals surface area contributed by atoms with Gasteiger partial charge in [0.05, 0.1) is 27.1 Å². The van der Waals surface area contributed by atoms with Crippen LogP contribution in [0, 0.1) is 0 Å². The molecule has 0 atom stereocenters. The van der Waals surface area contributed by atoms with Crippen LogP contribution in [0.1, 0.15) is 0 Å². The van der Waals surface area contributed by atoms with Crippen LogP contribution in [0.4, 0.5) is 0 Å². The minimum absolute atomic E-state index is 0.722. The van der Waals surface area contributed by atoms with Crippen molar-refractivity contribution in [1.29, 1.82) is 0 Å². The fourth-order valence-corrected chi connectivity index (χ4v) is 7.67. The Labute approximate surface area is 258 Å². The monoisotopic (exact) mass is 579 g/mol. The van der Waals surface area contributed by atoms with Crippen LogP contribution in [0.2, 0.25) is 0 Å². The topological polar surface area (TPSA) is 30.7 Å². The smallest absolute Gasteiger partial charge is 0.160 e. The third kappa shape index (κ3) is 3.96. The third-order valence-electron chi connectivity index (χ3n) is 8.40. The Morgan fingerprint density at radius 1 is 0.455 bits per heavy atom. The van der Waals surface area contributed by atoms with Crippen molar-refractivity contribution in [2.45, 2.75) is 0 Å². The summed E-state index contributed by atoms with van der Waals surface area (Å²) in [4.78, 5) is 10.2. The highest BCUT2D eigenvalue weighted by molar-refractivity contribution is 7.27. The summed E-state index contributed by atoms with van der Waals surface area (Å²) in [5.74, 6) is 0.722. The lowest BCUT2D eigenvalue weighted by atomic mass is 10.1. The van der Waals surface area contributed by atoms with Gasteiger partial charge in [-0.1, -0.05) is 115 Å². The Kier molecular flexibility index (Phi) is 5.68. The normalized spacial score (nSPS) is 11.6. The summed E-state index contributed by atoms with van der Waals surface area (Å²) in [5.41, 5.74) is 8.55. The minimum atomic E-state index is 0.722. The van der Waals surface area contributed by atoms with Gasteiger partial charge in [0, 0.05) is 37.9 Å². The third-order valence-corrected chi connectivity index (χ3v) is 9.66. The van der Waals surface area contributed by atoms with Gasteiger partial charge in [0.1, 0.15) is 0 Å². The molecule has 0 aliphatic carbocycles. The van der Waals surface area contributed by atoms with E-state index < -0.39 is 0 Å². The Morgan fingerprint density at radius 2 is 1.09 bits per heavy atom. The molecule has 0 amide bonds. The molecule has 4 heteroatoms. The van der Waals surface area contributed by atoms with Gasteiger partial charge in [-0.2, -0.15) is 0 Å². The summed E-state index contributed by atoms with van der Waals surface area (Å²) in [6.07, 6.45) is 0. The lowest BCUT2D eigenvalue weighted by molar-refractivity contribution is 1.18. The zero-order chi connectivity index (χ0) is 29.0. The first kappa shape index (κ1) is 25.0. The molecular formula is C40H25N3S. The van der Waals surface area contributed by atoms with E-state index in [0.717, 1.165) is 39.6 Å². The van der Waals surface area contributed by atoms with Gasteiger partial charge in [0.15, 0.2) is 5.82 Å². The highest BCUT2D eigenvalue weighted by Gasteiger charge is 2.20. The van der Waals surface area contributed by atoms with E-state index in [4.69, 9.17) is 9.97 Å². The maximum absolute atomic E-state index is 5.12. The molecule has 0 spiro atoms. The van der Waals surface area contributed by atoms with Crippen molar-refractivity contribution in [1.82, 2.24) is 14.5 Å². The number of thiophene rings is 1. The molecule has 0 aliphatic heterocycles. The van der Waals surface area contributed by atoms with E-state index in [1.54, 1.807) is 0 Å². The van der Waals surface area contributed by atoms with Crippen LogP contribution in [-0.4, -0.2) is 14.5 Å². The predicted octanol–water partition coefficient (Wildman–Crippen LogP) is 10.9. The van der Waals surface area contributed by atoms with Gasteiger partial charge < -0.3 is 4.57 Å². The van der Waals surface area contributed by atoms with Crippen LogP contribution >= 0.6 is 11.3 Å². The SMILES string of the molecule is c1ccc(-c2cc(-c3ccccc3)nc(-c3ccc4c(c3)c3sc5c6ccccc6ccc5c3n4-c3ccccc3)n2)cc1. The molecule has 6 aromatic carbocycles. The molecule has 0 saturated heterocycles. The van der Waals surface area contributed by atoms with E-state index in [0.29, 0.717) is 0 Å². The number of benzene rings is 6. The molecule has 0 N–H and O–H groups in total. The molecule has 0 aliphatic rings. The maximum atomic E-state index is 5.12. The molecule has 9 aromatic rings. The number of aromatic nitrogens is 3. The van der Waals surface area contributed by atoms with E-state index >= 15 is 0 Å². The van der Waals surface area contributed by atoms with E-state index in [2.05, 4.69) is 144 Å². The van der Waals surface area contributed by atoms with E-state index in [9.17, 15) is 0 Å². The van der Waals surface area contributed by atoms with Gasteiger partial charge in [-0.25, -0.2) is 9.97 Å². The summed E-state index contributed by atoms with van der Waals surface area (Å²) in [6, 6.07) is 53.4. The van der Waals surface area contributed by atoms with Crippen molar-refractivity contribution in [3.05, 3.63) is 152 Å². The summed E-state index contributed by atoms with van der Waals surface area (Å²) < 4.78 is 5.01. The molecule has 9 rings (SSSR count). The van der Waals surface area contributed by atoms with Gasteiger partial charge in [-0.05, 0) is 47.2 Å². The van der Waals surface area contributed by atoms with Gasteiger partial charge in [-0.3, -0.25) is 0 Å². The Balaban J connectivity index is 1.33. The molecule has 206 valence electrons. The first-order chi connectivity index (χ1) is 21.8. The van der Waals surface area contributed by atoms with Crippen molar-refractivity contribution in [3.8, 4) is 39.6 Å².